The zero-order valence-corrected chi connectivity index (χ0v) is 20.0. The van der Waals surface area contributed by atoms with Gasteiger partial charge in [0.2, 0.25) is 0 Å². The molecule has 0 radical (unpaired) electrons. The first kappa shape index (κ1) is 24.8. The van der Waals surface area contributed by atoms with Crippen LogP contribution in [0, 0.1) is 11.6 Å². The summed E-state index contributed by atoms with van der Waals surface area (Å²) in [5.74, 6) is -0.415. The molecule has 4 aromatic carbocycles. The molecule has 0 unspecified atom stereocenters. The van der Waals surface area contributed by atoms with Crippen molar-refractivity contribution >= 4 is 43.4 Å². The van der Waals surface area contributed by atoms with Crippen molar-refractivity contribution in [3.63, 3.8) is 0 Å². The van der Waals surface area contributed by atoms with Gasteiger partial charge < -0.3 is 0 Å². The Morgan fingerprint density at radius 2 is 0.806 bits per heavy atom. The van der Waals surface area contributed by atoms with E-state index in [9.17, 15) is 8.78 Å². The van der Waals surface area contributed by atoms with Crippen LogP contribution < -0.4 is 0 Å². The molecule has 0 spiro atoms. The zero-order chi connectivity index (χ0) is 22.6. The highest BCUT2D eigenvalue weighted by Crippen LogP contribution is 2.28. The van der Waals surface area contributed by atoms with Crippen LogP contribution in [0.1, 0.15) is 0 Å². The SMILES string of the molecule is Fc1ccc(-c2ccccc2Br)cc1.Fc1ccc(-c2ccccc2Br)cc1.O=S=O. The fraction of sp³-hybridized carbons (Fsp3) is 0. The molecule has 0 N–H and O–H groups in total. The number of rotatable bonds is 2. The van der Waals surface area contributed by atoms with Crippen molar-refractivity contribution in [2.24, 2.45) is 0 Å². The predicted molar refractivity (Wildman–Crippen MR) is 128 cm³/mol. The van der Waals surface area contributed by atoms with Gasteiger partial charge >= 0.3 is 11.6 Å². The standard InChI is InChI=1S/2C12H8BrF.O2S/c2*13-12-4-2-1-3-11(12)9-5-7-10(14)8-6-9;1-3-2/h2*1-8H;. The van der Waals surface area contributed by atoms with E-state index in [0.717, 1.165) is 31.2 Å². The molecule has 158 valence electrons. The van der Waals surface area contributed by atoms with Gasteiger partial charge in [-0.2, -0.15) is 8.42 Å². The van der Waals surface area contributed by atoms with Gasteiger partial charge in [0, 0.05) is 8.95 Å². The second-order valence-electron chi connectivity index (χ2n) is 6.04. The molecule has 2 nitrogen and oxygen atoms in total. The third-order valence-electron chi connectivity index (χ3n) is 4.06. The summed E-state index contributed by atoms with van der Waals surface area (Å²) in [5.41, 5.74) is 4.18. The van der Waals surface area contributed by atoms with Crippen LogP contribution in [0.15, 0.2) is 106 Å². The Morgan fingerprint density at radius 1 is 0.516 bits per heavy atom. The molecule has 4 aromatic rings. The van der Waals surface area contributed by atoms with Gasteiger partial charge in [0.15, 0.2) is 0 Å². The Labute approximate surface area is 199 Å². The predicted octanol–water partition coefficient (Wildman–Crippen LogP) is 7.84. The van der Waals surface area contributed by atoms with Crippen LogP contribution in [-0.4, -0.2) is 8.42 Å². The maximum Gasteiger partial charge on any atom is 0.335 e. The van der Waals surface area contributed by atoms with E-state index in [2.05, 4.69) is 31.9 Å². The third-order valence-corrected chi connectivity index (χ3v) is 5.44. The van der Waals surface area contributed by atoms with E-state index < -0.39 is 11.6 Å². The zero-order valence-electron chi connectivity index (χ0n) is 16.0. The molecule has 0 atom stereocenters. The Hall–Kier alpha value is -2.48. The average molecular weight is 566 g/mol. The summed E-state index contributed by atoms with van der Waals surface area (Å²) in [4.78, 5) is 0. The molecule has 0 saturated carbocycles. The van der Waals surface area contributed by atoms with Crippen LogP contribution in [0.3, 0.4) is 0 Å². The molecule has 0 aliphatic carbocycles. The lowest BCUT2D eigenvalue weighted by Crippen LogP contribution is -1.79. The van der Waals surface area contributed by atoms with Crippen molar-refractivity contribution in [3.8, 4) is 22.3 Å². The summed E-state index contributed by atoms with van der Waals surface area (Å²) in [6, 6.07) is 28.7. The van der Waals surface area contributed by atoms with E-state index in [1.54, 1.807) is 24.3 Å². The van der Waals surface area contributed by atoms with Gasteiger partial charge in [-0.1, -0.05) is 92.5 Å². The van der Waals surface area contributed by atoms with Gasteiger partial charge in [0.1, 0.15) is 11.6 Å². The Morgan fingerprint density at radius 3 is 1.10 bits per heavy atom. The maximum atomic E-state index is 12.7. The minimum absolute atomic E-state index is 0.208. The number of hydrogen-bond acceptors (Lipinski definition) is 2. The molecule has 0 heterocycles. The first-order valence-corrected chi connectivity index (χ1v) is 11.1. The lowest BCUT2D eigenvalue weighted by Gasteiger charge is -2.03. The van der Waals surface area contributed by atoms with Gasteiger partial charge in [0.25, 0.3) is 0 Å². The van der Waals surface area contributed by atoms with Crippen molar-refractivity contribution in [1.29, 1.82) is 0 Å². The van der Waals surface area contributed by atoms with Crippen LogP contribution >= 0.6 is 31.9 Å². The highest BCUT2D eigenvalue weighted by atomic mass is 79.9. The first-order valence-electron chi connectivity index (χ1n) is 8.89. The molecule has 0 fully saturated rings. The summed E-state index contributed by atoms with van der Waals surface area (Å²) in [6.45, 7) is 0. The topological polar surface area (TPSA) is 34.1 Å². The van der Waals surface area contributed by atoms with Crippen LogP contribution in [0.25, 0.3) is 22.3 Å². The normalized spacial score (nSPS) is 9.55. The van der Waals surface area contributed by atoms with Crippen molar-refractivity contribution in [1.82, 2.24) is 0 Å². The van der Waals surface area contributed by atoms with E-state index in [4.69, 9.17) is 8.42 Å². The highest BCUT2D eigenvalue weighted by molar-refractivity contribution is 9.11. The second kappa shape index (κ2) is 13.0. The van der Waals surface area contributed by atoms with Gasteiger partial charge in [-0.3, -0.25) is 0 Å². The summed E-state index contributed by atoms with van der Waals surface area (Å²) in [7, 11) is 0. The minimum Gasteiger partial charge on any atom is -0.207 e. The number of benzene rings is 4. The summed E-state index contributed by atoms with van der Waals surface area (Å²) in [6.07, 6.45) is 0. The van der Waals surface area contributed by atoms with E-state index in [1.165, 1.54) is 24.3 Å². The van der Waals surface area contributed by atoms with Crippen molar-refractivity contribution in [2.75, 3.05) is 0 Å². The second-order valence-corrected chi connectivity index (χ2v) is 7.89. The molecule has 7 heteroatoms. The summed E-state index contributed by atoms with van der Waals surface area (Å²) >= 11 is 6.17. The molecule has 0 saturated heterocycles. The monoisotopic (exact) mass is 564 g/mol. The van der Waals surface area contributed by atoms with E-state index in [-0.39, 0.29) is 11.6 Å². The average Bonchev–Trinajstić information content (AvgIpc) is 2.77. The Kier molecular flexibility index (Phi) is 10.4. The third kappa shape index (κ3) is 7.94. The van der Waals surface area contributed by atoms with Crippen molar-refractivity contribution in [3.05, 3.63) is 118 Å². The van der Waals surface area contributed by atoms with Crippen LogP contribution in [0.2, 0.25) is 0 Å². The van der Waals surface area contributed by atoms with Crippen molar-refractivity contribution < 1.29 is 17.2 Å². The summed E-state index contributed by atoms with van der Waals surface area (Å²) < 4.78 is 44.0. The van der Waals surface area contributed by atoms with Crippen LogP contribution in [-0.2, 0) is 11.6 Å². The van der Waals surface area contributed by atoms with Gasteiger partial charge in [-0.05, 0) is 58.7 Å². The van der Waals surface area contributed by atoms with Crippen molar-refractivity contribution in [2.45, 2.75) is 0 Å². The number of halogens is 4. The van der Waals surface area contributed by atoms with E-state index >= 15 is 0 Å². The lowest BCUT2D eigenvalue weighted by atomic mass is 10.1. The molecule has 0 bridgehead atoms. The fourth-order valence-corrected chi connectivity index (χ4v) is 3.68. The molecule has 0 aliphatic heterocycles. The molecule has 4 rings (SSSR count). The molecular weight excluding hydrogens is 550 g/mol. The number of hydrogen-bond donors (Lipinski definition) is 0. The smallest absolute Gasteiger partial charge is 0.207 e. The molecule has 31 heavy (non-hydrogen) atoms. The summed E-state index contributed by atoms with van der Waals surface area (Å²) in [5, 5.41) is 0. The maximum absolute atomic E-state index is 12.7. The molecule has 0 amide bonds. The first-order chi connectivity index (χ1) is 15.0. The van der Waals surface area contributed by atoms with Gasteiger partial charge in [0.05, 0.1) is 0 Å². The van der Waals surface area contributed by atoms with E-state index in [0.29, 0.717) is 0 Å². The van der Waals surface area contributed by atoms with Gasteiger partial charge in [-0.25, -0.2) is 8.78 Å². The molecule has 0 aromatic heterocycles. The highest BCUT2D eigenvalue weighted by Gasteiger charge is 2.02. The lowest BCUT2D eigenvalue weighted by molar-refractivity contribution is 0.627. The molecule has 0 aliphatic rings. The largest absolute Gasteiger partial charge is 0.335 e. The fourth-order valence-electron chi connectivity index (χ4n) is 2.65. The Bertz CT molecular complexity index is 1060. The quantitative estimate of drug-likeness (QED) is 0.248. The van der Waals surface area contributed by atoms with Crippen LogP contribution in [0.5, 0.6) is 0 Å². The van der Waals surface area contributed by atoms with Crippen LogP contribution in [0.4, 0.5) is 8.78 Å². The minimum atomic E-state index is -0.750. The Balaban J connectivity index is 0.000000196. The molecular formula is C24H16Br2F2O2S. The van der Waals surface area contributed by atoms with E-state index in [1.807, 2.05) is 48.5 Å². The van der Waals surface area contributed by atoms with Gasteiger partial charge in [-0.15, -0.1) is 0 Å².